The summed E-state index contributed by atoms with van der Waals surface area (Å²) < 4.78 is 4.86. The van der Waals surface area contributed by atoms with Gasteiger partial charge in [0, 0.05) is 6.42 Å². The van der Waals surface area contributed by atoms with Crippen LogP contribution in [0.4, 0.5) is 0 Å². The molecular formula is C12H24O4. The number of unbranched alkanes of at least 4 members (excludes halogenated alkanes) is 1. The normalized spacial score (nSPS) is 14.5. The molecule has 0 aromatic carbocycles. The van der Waals surface area contributed by atoms with Gasteiger partial charge in [0.2, 0.25) is 0 Å². The lowest BCUT2D eigenvalue weighted by Crippen LogP contribution is -2.22. The second kappa shape index (κ2) is 9.60. The first-order valence-corrected chi connectivity index (χ1v) is 6.08. The van der Waals surface area contributed by atoms with Crippen LogP contribution >= 0.6 is 0 Å². The summed E-state index contributed by atoms with van der Waals surface area (Å²) in [5.74, 6) is 0.0918. The van der Waals surface area contributed by atoms with Gasteiger partial charge in [-0.3, -0.25) is 4.79 Å². The van der Waals surface area contributed by atoms with Crippen LogP contribution in [0.1, 0.15) is 46.0 Å². The summed E-state index contributed by atoms with van der Waals surface area (Å²) in [6, 6.07) is 0. The Labute approximate surface area is 97.6 Å². The molecule has 0 saturated carbocycles. The van der Waals surface area contributed by atoms with Gasteiger partial charge in [0.1, 0.15) is 12.7 Å². The Kier molecular flexibility index (Phi) is 9.24. The van der Waals surface area contributed by atoms with E-state index in [9.17, 15) is 4.79 Å². The van der Waals surface area contributed by atoms with Crippen molar-refractivity contribution in [2.24, 2.45) is 5.92 Å². The van der Waals surface area contributed by atoms with E-state index in [0.717, 1.165) is 25.7 Å². The molecule has 96 valence electrons. The molecular weight excluding hydrogens is 208 g/mol. The van der Waals surface area contributed by atoms with Gasteiger partial charge in [-0.05, 0) is 12.3 Å². The van der Waals surface area contributed by atoms with E-state index in [4.69, 9.17) is 14.9 Å². The molecule has 16 heavy (non-hydrogen) atoms. The third-order valence-corrected chi connectivity index (χ3v) is 2.65. The van der Waals surface area contributed by atoms with Gasteiger partial charge in [-0.1, -0.05) is 33.1 Å². The molecule has 0 radical (unpaired) electrons. The lowest BCUT2D eigenvalue weighted by molar-refractivity contribution is -0.148. The van der Waals surface area contributed by atoms with Crippen molar-refractivity contribution in [1.82, 2.24) is 0 Å². The van der Waals surface area contributed by atoms with Gasteiger partial charge in [-0.25, -0.2) is 0 Å². The quantitative estimate of drug-likeness (QED) is 0.591. The van der Waals surface area contributed by atoms with Gasteiger partial charge in [0.15, 0.2) is 0 Å². The van der Waals surface area contributed by atoms with Gasteiger partial charge in [0.05, 0.1) is 6.61 Å². The highest BCUT2D eigenvalue weighted by atomic mass is 16.5. The lowest BCUT2D eigenvalue weighted by Gasteiger charge is -2.14. The minimum Gasteiger partial charge on any atom is -0.463 e. The maximum atomic E-state index is 11.4. The Morgan fingerprint density at radius 2 is 2.06 bits per heavy atom. The molecule has 2 unspecified atom stereocenters. The first kappa shape index (κ1) is 15.4. The second-order valence-electron chi connectivity index (χ2n) is 4.14. The first-order valence-electron chi connectivity index (χ1n) is 6.08. The molecule has 2 atom stereocenters. The van der Waals surface area contributed by atoms with Gasteiger partial charge in [0.25, 0.3) is 0 Å². The van der Waals surface area contributed by atoms with E-state index in [1.54, 1.807) is 0 Å². The first-order chi connectivity index (χ1) is 7.63. The SMILES string of the molecule is CCCCC(CC)CC(=O)OCC(O)CO. The number of rotatable bonds is 9. The fraction of sp³-hybridized carbons (Fsp3) is 0.917. The summed E-state index contributed by atoms with van der Waals surface area (Å²) >= 11 is 0. The fourth-order valence-electron chi connectivity index (χ4n) is 1.48. The third kappa shape index (κ3) is 7.65. The zero-order valence-electron chi connectivity index (χ0n) is 10.3. The number of esters is 1. The predicted molar refractivity (Wildman–Crippen MR) is 62.0 cm³/mol. The predicted octanol–water partition coefficient (Wildman–Crippen LogP) is 1.49. The molecule has 0 rings (SSSR count). The highest BCUT2D eigenvalue weighted by molar-refractivity contribution is 5.69. The van der Waals surface area contributed by atoms with Crippen LogP contribution in [-0.4, -0.2) is 35.5 Å². The van der Waals surface area contributed by atoms with E-state index in [-0.39, 0.29) is 19.2 Å². The summed E-state index contributed by atoms with van der Waals surface area (Å²) in [6.45, 7) is 3.71. The molecule has 0 aliphatic carbocycles. The number of carbonyl (C=O) groups excluding carboxylic acids is 1. The van der Waals surface area contributed by atoms with Gasteiger partial charge in [-0.15, -0.1) is 0 Å². The molecule has 4 nitrogen and oxygen atoms in total. The molecule has 0 aliphatic heterocycles. The molecule has 0 fully saturated rings. The number of hydrogen-bond acceptors (Lipinski definition) is 4. The topological polar surface area (TPSA) is 66.8 Å². The zero-order chi connectivity index (χ0) is 12.4. The number of ether oxygens (including phenoxy) is 1. The van der Waals surface area contributed by atoms with Crippen molar-refractivity contribution in [1.29, 1.82) is 0 Å². The highest BCUT2D eigenvalue weighted by Gasteiger charge is 2.14. The minimum atomic E-state index is -0.959. The molecule has 4 heteroatoms. The van der Waals surface area contributed by atoms with Crippen LogP contribution in [-0.2, 0) is 9.53 Å². The second-order valence-corrected chi connectivity index (χ2v) is 4.14. The maximum Gasteiger partial charge on any atom is 0.306 e. The van der Waals surface area contributed by atoms with Crippen LogP contribution in [0.2, 0.25) is 0 Å². The van der Waals surface area contributed by atoms with Gasteiger partial charge < -0.3 is 14.9 Å². The fourth-order valence-corrected chi connectivity index (χ4v) is 1.48. The Morgan fingerprint density at radius 3 is 2.56 bits per heavy atom. The monoisotopic (exact) mass is 232 g/mol. The molecule has 0 amide bonds. The van der Waals surface area contributed by atoms with Crippen molar-refractivity contribution < 1.29 is 19.7 Å². The minimum absolute atomic E-state index is 0.112. The molecule has 0 bridgehead atoms. The van der Waals surface area contributed by atoms with Crippen molar-refractivity contribution in [2.45, 2.75) is 52.1 Å². The van der Waals surface area contributed by atoms with E-state index < -0.39 is 6.10 Å². The maximum absolute atomic E-state index is 11.4. The Bertz CT molecular complexity index is 182. The van der Waals surface area contributed by atoms with Crippen molar-refractivity contribution >= 4 is 5.97 Å². The van der Waals surface area contributed by atoms with Crippen molar-refractivity contribution in [2.75, 3.05) is 13.2 Å². The zero-order valence-corrected chi connectivity index (χ0v) is 10.3. The van der Waals surface area contributed by atoms with E-state index in [2.05, 4.69) is 13.8 Å². The highest BCUT2D eigenvalue weighted by Crippen LogP contribution is 2.17. The molecule has 0 heterocycles. The standard InChI is InChI=1S/C12H24O4/c1-3-5-6-10(4-2)7-12(15)16-9-11(14)8-13/h10-11,13-14H,3-9H2,1-2H3. The average Bonchev–Trinajstić information content (AvgIpc) is 2.31. The summed E-state index contributed by atoms with van der Waals surface area (Å²) in [5.41, 5.74) is 0. The molecule has 0 aliphatic rings. The number of carbonyl (C=O) groups is 1. The van der Waals surface area contributed by atoms with Crippen LogP contribution in [0, 0.1) is 5.92 Å². The lowest BCUT2D eigenvalue weighted by atomic mass is 9.96. The smallest absolute Gasteiger partial charge is 0.306 e. The average molecular weight is 232 g/mol. The molecule has 0 spiro atoms. The molecule has 0 aromatic rings. The van der Waals surface area contributed by atoms with Gasteiger partial charge >= 0.3 is 5.97 Å². The van der Waals surface area contributed by atoms with E-state index in [1.807, 2.05) is 0 Å². The van der Waals surface area contributed by atoms with Crippen LogP contribution in [0.15, 0.2) is 0 Å². The molecule has 0 aromatic heterocycles. The summed E-state index contributed by atoms with van der Waals surface area (Å²) in [5, 5.41) is 17.6. The van der Waals surface area contributed by atoms with E-state index >= 15 is 0 Å². The molecule has 0 saturated heterocycles. The van der Waals surface area contributed by atoms with Crippen molar-refractivity contribution in [3.63, 3.8) is 0 Å². The number of aliphatic hydroxyl groups excluding tert-OH is 2. The summed E-state index contributed by atoms with van der Waals surface area (Å²) in [4.78, 5) is 11.4. The molecule has 2 N–H and O–H groups in total. The third-order valence-electron chi connectivity index (χ3n) is 2.65. The largest absolute Gasteiger partial charge is 0.463 e. The van der Waals surface area contributed by atoms with Crippen LogP contribution in [0.25, 0.3) is 0 Å². The number of hydrogen-bond donors (Lipinski definition) is 2. The Hall–Kier alpha value is -0.610. The summed E-state index contributed by atoms with van der Waals surface area (Å²) in [6.07, 6.45) is 3.73. The summed E-state index contributed by atoms with van der Waals surface area (Å²) in [7, 11) is 0. The van der Waals surface area contributed by atoms with Gasteiger partial charge in [-0.2, -0.15) is 0 Å². The Balaban J connectivity index is 3.73. The van der Waals surface area contributed by atoms with Crippen LogP contribution < -0.4 is 0 Å². The van der Waals surface area contributed by atoms with E-state index in [1.165, 1.54) is 0 Å². The Morgan fingerprint density at radius 1 is 1.38 bits per heavy atom. The number of aliphatic hydroxyl groups is 2. The van der Waals surface area contributed by atoms with Crippen LogP contribution in [0.5, 0.6) is 0 Å². The van der Waals surface area contributed by atoms with E-state index in [0.29, 0.717) is 12.3 Å². The van der Waals surface area contributed by atoms with Crippen LogP contribution in [0.3, 0.4) is 0 Å². The van der Waals surface area contributed by atoms with Crippen molar-refractivity contribution in [3.05, 3.63) is 0 Å². The van der Waals surface area contributed by atoms with Crippen molar-refractivity contribution in [3.8, 4) is 0 Å².